The molecular formula is C27H27N3O4S. The van der Waals surface area contributed by atoms with Crippen LogP contribution in [0.1, 0.15) is 20.9 Å². The lowest BCUT2D eigenvalue weighted by atomic mass is 10.2. The molecule has 0 saturated carbocycles. The van der Waals surface area contributed by atoms with Crippen molar-refractivity contribution < 1.29 is 14.5 Å². The third-order valence-corrected chi connectivity index (χ3v) is 6.21. The molecule has 0 aliphatic rings. The molecule has 3 aromatic rings. The topological polar surface area (TPSA) is 83.8 Å². The molecule has 0 fully saturated rings. The maximum absolute atomic E-state index is 13.3. The number of carbonyl (C=O) groups excluding carboxylic acids is 2. The van der Waals surface area contributed by atoms with Crippen LogP contribution in [0.5, 0.6) is 0 Å². The molecule has 3 rings (SSSR count). The molecular weight excluding hydrogens is 462 g/mol. The smallest absolute Gasteiger partial charge is 0.269 e. The van der Waals surface area contributed by atoms with Crippen LogP contribution >= 0.6 is 11.3 Å². The van der Waals surface area contributed by atoms with Crippen LogP contribution in [0.4, 0.5) is 5.69 Å². The summed E-state index contributed by atoms with van der Waals surface area (Å²) in [6, 6.07) is 19.7. The van der Waals surface area contributed by atoms with Crippen molar-refractivity contribution >= 4 is 34.9 Å². The van der Waals surface area contributed by atoms with Gasteiger partial charge >= 0.3 is 0 Å². The van der Waals surface area contributed by atoms with Gasteiger partial charge in [0, 0.05) is 41.1 Å². The molecule has 0 unspecified atom stereocenters. The number of amides is 2. The first-order valence-electron chi connectivity index (χ1n) is 11.0. The number of nitrogens with zero attached hydrogens (tertiary/aromatic N) is 3. The second-order valence-electron chi connectivity index (χ2n) is 7.94. The van der Waals surface area contributed by atoms with Gasteiger partial charge in [-0.1, -0.05) is 36.4 Å². The van der Waals surface area contributed by atoms with Gasteiger partial charge in [0.15, 0.2) is 0 Å². The molecule has 0 saturated heterocycles. The van der Waals surface area contributed by atoms with Crippen LogP contribution < -0.4 is 0 Å². The van der Waals surface area contributed by atoms with E-state index in [1.54, 1.807) is 40.5 Å². The maximum Gasteiger partial charge on any atom is 0.269 e. The van der Waals surface area contributed by atoms with Gasteiger partial charge in [0.2, 0.25) is 11.8 Å². The average Bonchev–Trinajstić information content (AvgIpc) is 3.27. The van der Waals surface area contributed by atoms with Crippen LogP contribution in [0.3, 0.4) is 0 Å². The van der Waals surface area contributed by atoms with Gasteiger partial charge in [0.25, 0.3) is 5.69 Å². The van der Waals surface area contributed by atoms with Crippen LogP contribution in [0.2, 0.25) is 0 Å². The van der Waals surface area contributed by atoms with Crippen molar-refractivity contribution in [2.75, 3.05) is 13.1 Å². The van der Waals surface area contributed by atoms with E-state index in [1.165, 1.54) is 28.0 Å². The van der Waals surface area contributed by atoms with Crippen LogP contribution in [0.25, 0.3) is 6.08 Å². The molecule has 0 atom stereocenters. The average molecular weight is 490 g/mol. The molecule has 0 radical (unpaired) electrons. The Kier molecular flexibility index (Phi) is 9.09. The summed E-state index contributed by atoms with van der Waals surface area (Å²) in [5.41, 5.74) is 1.63. The number of rotatable bonds is 11. The lowest BCUT2D eigenvalue weighted by molar-refractivity contribution is -0.384. The second-order valence-corrected chi connectivity index (χ2v) is 9.31. The highest BCUT2D eigenvalue weighted by Crippen LogP contribution is 2.19. The molecule has 180 valence electrons. The third kappa shape index (κ3) is 7.75. The molecule has 35 heavy (non-hydrogen) atoms. The number of thiophene rings is 1. The Balaban J connectivity index is 1.73. The van der Waals surface area contributed by atoms with Crippen LogP contribution in [0, 0.1) is 17.0 Å². The zero-order valence-electron chi connectivity index (χ0n) is 19.5. The molecule has 8 heteroatoms. The van der Waals surface area contributed by atoms with E-state index in [4.69, 9.17) is 0 Å². The van der Waals surface area contributed by atoms with Gasteiger partial charge in [-0.2, -0.15) is 0 Å². The molecule has 0 spiro atoms. The zero-order valence-corrected chi connectivity index (χ0v) is 20.3. The molecule has 0 bridgehead atoms. The Bertz CT molecular complexity index is 1200. The molecule has 7 nitrogen and oxygen atoms in total. The third-order valence-electron chi connectivity index (χ3n) is 5.22. The first-order chi connectivity index (χ1) is 16.9. The molecule has 0 aliphatic heterocycles. The minimum Gasteiger partial charge on any atom is -0.332 e. The Morgan fingerprint density at radius 1 is 1.00 bits per heavy atom. The summed E-state index contributed by atoms with van der Waals surface area (Å²) in [5, 5.41) is 10.8. The predicted molar refractivity (Wildman–Crippen MR) is 139 cm³/mol. The van der Waals surface area contributed by atoms with Crippen molar-refractivity contribution in [1.29, 1.82) is 0 Å². The Labute approximate surface area is 208 Å². The van der Waals surface area contributed by atoms with Crippen LogP contribution in [-0.4, -0.2) is 39.6 Å². The van der Waals surface area contributed by atoms with Crippen molar-refractivity contribution in [1.82, 2.24) is 9.80 Å². The number of non-ortho nitro benzene ring substituents is 1. The predicted octanol–water partition coefficient (Wildman–Crippen LogP) is 5.22. The fraction of sp³-hybridized carbons (Fsp3) is 0.185. The number of nitro groups is 1. The maximum atomic E-state index is 13.3. The summed E-state index contributed by atoms with van der Waals surface area (Å²) in [6.45, 7) is 6.76. The Morgan fingerprint density at radius 2 is 1.71 bits per heavy atom. The minimum absolute atomic E-state index is 0.0215. The summed E-state index contributed by atoms with van der Waals surface area (Å²) >= 11 is 1.64. The largest absolute Gasteiger partial charge is 0.332 e. The first-order valence-corrected chi connectivity index (χ1v) is 11.9. The highest BCUT2D eigenvalue weighted by atomic mass is 32.1. The van der Waals surface area contributed by atoms with Crippen molar-refractivity contribution in [2.24, 2.45) is 0 Å². The normalized spacial score (nSPS) is 10.8. The van der Waals surface area contributed by atoms with E-state index in [1.807, 2.05) is 49.4 Å². The van der Waals surface area contributed by atoms with E-state index >= 15 is 0 Å². The summed E-state index contributed by atoms with van der Waals surface area (Å²) in [6.07, 6.45) is 4.51. The van der Waals surface area contributed by atoms with Crippen molar-refractivity contribution in [3.63, 3.8) is 0 Å². The Hall–Kier alpha value is -4.04. The van der Waals surface area contributed by atoms with Crippen molar-refractivity contribution in [3.05, 3.63) is 116 Å². The molecule has 2 amide bonds. The monoisotopic (exact) mass is 489 g/mol. The van der Waals surface area contributed by atoms with E-state index in [-0.39, 0.29) is 30.6 Å². The molecule has 1 aromatic heterocycles. The van der Waals surface area contributed by atoms with Gasteiger partial charge in [-0.05, 0) is 48.4 Å². The van der Waals surface area contributed by atoms with Gasteiger partial charge in [0.05, 0.1) is 11.5 Å². The van der Waals surface area contributed by atoms with Gasteiger partial charge in [0.1, 0.15) is 6.54 Å². The SMILES string of the molecule is C=CCN(CC(=O)N(Cc1ccccc1)Cc1ccc(C)s1)C(=O)C=Cc1ccc([N+](=O)[O-])cc1. The number of benzene rings is 2. The van der Waals surface area contributed by atoms with Gasteiger partial charge in [-0.25, -0.2) is 0 Å². The van der Waals surface area contributed by atoms with Gasteiger partial charge in [-0.15, -0.1) is 17.9 Å². The quantitative estimate of drug-likeness (QED) is 0.160. The van der Waals surface area contributed by atoms with Crippen molar-refractivity contribution in [2.45, 2.75) is 20.0 Å². The second kappa shape index (κ2) is 12.4. The summed E-state index contributed by atoms with van der Waals surface area (Å²) < 4.78 is 0. The number of hydrogen-bond donors (Lipinski definition) is 0. The van der Waals surface area contributed by atoms with Gasteiger partial charge < -0.3 is 9.80 Å². The number of aryl methyl sites for hydroxylation is 1. The first kappa shape index (κ1) is 25.6. The summed E-state index contributed by atoms with van der Waals surface area (Å²) in [5.74, 6) is -0.512. The number of hydrogen-bond acceptors (Lipinski definition) is 5. The summed E-state index contributed by atoms with van der Waals surface area (Å²) in [7, 11) is 0. The van der Waals surface area contributed by atoms with Crippen LogP contribution in [0.15, 0.2) is 85.5 Å². The standard InChI is InChI=1S/C27H27N3O4S/c1-3-17-28(26(31)16-12-22-10-13-24(14-11-22)30(33)34)20-27(32)29(18-23-7-5-4-6-8-23)19-25-15-9-21(2)35-25/h3-16H,1,17-20H2,2H3. The fourth-order valence-electron chi connectivity index (χ4n) is 3.43. The van der Waals surface area contributed by atoms with E-state index in [0.29, 0.717) is 18.7 Å². The number of carbonyl (C=O) groups is 2. The minimum atomic E-state index is -0.477. The molecule has 1 heterocycles. The fourth-order valence-corrected chi connectivity index (χ4v) is 4.33. The van der Waals surface area contributed by atoms with E-state index in [0.717, 1.165) is 10.4 Å². The van der Waals surface area contributed by atoms with Crippen molar-refractivity contribution in [3.8, 4) is 0 Å². The van der Waals surface area contributed by atoms with E-state index in [9.17, 15) is 19.7 Å². The molecule has 2 aromatic carbocycles. The summed E-state index contributed by atoms with van der Waals surface area (Å²) in [4.78, 5) is 42.0. The highest BCUT2D eigenvalue weighted by Gasteiger charge is 2.20. The van der Waals surface area contributed by atoms with Gasteiger partial charge in [-0.3, -0.25) is 19.7 Å². The highest BCUT2D eigenvalue weighted by molar-refractivity contribution is 7.11. The zero-order chi connectivity index (χ0) is 25.2. The lowest BCUT2D eigenvalue weighted by Gasteiger charge is -2.26. The molecule has 0 aliphatic carbocycles. The molecule has 0 N–H and O–H groups in total. The number of nitro benzene ring substituents is 1. The van der Waals surface area contributed by atoms with E-state index in [2.05, 4.69) is 6.58 Å². The Morgan fingerprint density at radius 3 is 2.31 bits per heavy atom. The van der Waals surface area contributed by atoms with Crippen LogP contribution in [-0.2, 0) is 22.7 Å². The van der Waals surface area contributed by atoms with E-state index < -0.39 is 4.92 Å². The lowest BCUT2D eigenvalue weighted by Crippen LogP contribution is -2.42.